The van der Waals surface area contributed by atoms with Crippen LogP contribution in [0, 0.1) is 0 Å². The maximum absolute atomic E-state index is 12.7. The molecule has 0 unspecified atom stereocenters. The number of fused-ring (bicyclic) bond motifs is 1. The van der Waals surface area contributed by atoms with E-state index in [4.69, 9.17) is 24.4 Å². The normalized spacial score (nSPS) is 12.8. The maximum Gasteiger partial charge on any atom is 0.410 e. The highest BCUT2D eigenvalue weighted by Crippen LogP contribution is 2.30. The second kappa shape index (κ2) is 11.9. The van der Waals surface area contributed by atoms with Crippen molar-refractivity contribution in [1.82, 2.24) is 10.2 Å². The largest absolute Gasteiger partial charge is 0.479 e. The van der Waals surface area contributed by atoms with E-state index in [1.165, 1.54) is 29.5 Å². The zero-order chi connectivity index (χ0) is 28.0. The number of rotatable bonds is 10. The lowest BCUT2D eigenvalue weighted by Crippen LogP contribution is -2.39. The van der Waals surface area contributed by atoms with Crippen LogP contribution in [0.3, 0.4) is 0 Å². The van der Waals surface area contributed by atoms with Crippen LogP contribution in [0.2, 0.25) is 0 Å². The van der Waals surface area contributed by atoms with Crippen molar-refractivity contribution in [2.75, 3.05) is 26.3 Å². The van der Waals surface area contributed by atoms with E-state index in [1.807, 2.05) is 0 Å². The Morgan fingerprint density at radius 1 is 1.00 bits per heavy atom. The lowest BCUT2D eigenvalue weighted by molar-refractivity contribution is -0.140. The van der Waals surface area contributed by atoms with Crippen LogP contribution in [0.1, 0.15) is 51.2 Å². The van der Waals surface area contributed by atoms with E-state index < -0.39 is 48.5 Å². The number of nitrogens with one attached hydrogen (secondary N) is 1. The van der Waals surface area contributed by atoms with Crippen LogP contribution in [0.5, 0.6) is 11.5 Å². The Balaban J connectivity index is 1.63. The molecule has 3 N–H and O–H groups in total. The number of aliphatic carboxylic acids is 2. The van der Waals surface area contributed by atoms with Crippen LogP contribution in [0.4, 0.5) is 4.79 Å². The molecule has 204 valence electrons. The number of amides is 2. The number of hydrogen-bond donors (Lipinski definition) is 3. The first-order valence-electron chi connectivity index (χ1n) is 11.6. The number of carboxylic acid groups (broad SMARTS) is 2. The van der Waals surface area contributed by atoms with Crippen LogP contribution < -0.4 is 14.8 Å². The van der Waals surface area contributed by atoms with Crippen molar-refractivity contribution < 1.29 is 48.4 Å². The quantitative estimate of drug-likeness (QED) is 0.375. The number of hydrogen-bond acceptors (Lipinski definition) is 9. The number of benzene rings is 1. The van der Waals surface area contributed by atoms with Gasteiger partial charge in [0, 0.05) is 17.0 Å². The van der Waals surface area contributed by atoms with E-state index in [2.05, 4.69) is 5.32 Å². The van der Waals surface area contributed by atoms with Gasteiger partial charge in [-0.3, -0.25) is 9.59 Å². The minimum Gasteiger partial charge on any atom is -0.479 e. The molecule has 38 heavy (non-hydrogen) atoms. The molecule has 2 heterocycles. The van der Waals surface area contributed by atoms with Gasteiger partial charge in [-0.25, -0.2) is 14.4 Å². The first-order chi connectivity index (χ1) is 17.8. The SMILES string of the molecule is CC(C)(C)OC(=O)N1CCc2sc(C(=O)NCC(=O)c3ccc(OCC(=O)O)c(OCC(=O)O)c3)cc2C1. The van der Waals surface area contributed by atoms with Crippen LogP contribution in [0.15, 0.2) is 24.3 Å². The zero-order valence-corrected chi connectivity index (χ0v) is 21.9. The van der Waals surface area contributed by atoms with Crippen molar-refractivity contribution >= 4 is 41.1 Å². The van der Waals surface area contributed by atoms with E-state index >= 15 is 0 Å². The Bertz CT molecular complexity index is 1250. The van der Waals surface area contributed by atoms with Gasteiger partial charge in [0.15, 0.2) is 30.5 Å². The number of ketones is 1. The number of carboxylic acids is 2. The highest BCUT2D eigenvalue weighted by atomic mass is 32.1. The molecule has 12 nitrogen and oxygen atoms in total. The minimum absolute atomic E-state index is 0.0428. The molecule has 0 saturated carbocycles. The molecule has 1 aromatic heterocycles. The van der Waals surface area contributed by atoms with Crippen molar-refractivity contribution in [2.24, 2.45) is 0 Å². The van der Waals surface area contributed by atoms with E-state index in [1.54, 1.807) is 31.7 Å². The molecular weight excluding hydrogens is 520 g/mol. The summed E-state index contributed by atoms with van der Waals surface area (Å²) in [7, 11) is 0. The summed E-state index contributed by atoms with van der Waals surface area (Å²) in [6.07, 6.45) is 0.165. The van der Waals surface area contributed by atoms with Gasteiger partial charge in [0.1, 0.15) is 5.60 Å². The van der Waals surface area contributed by atoms with Gasteiger partial charge in [0.05, 0.1) is 18.0 Å². The molecule has 0 spiro atoms. The Morgan fingerprint density at radius 2 is 1.66 bits per heavy atom. The van der Waals surface area contributed by atoms with Crippen LogP contribution >= 0.6 is 11.3 Å². The molecule has 1 aromatic carbocycles. The summed E-state index contributed by atoms with van der Waals surface area (Å²) in [5, 5.41) is 20.2. The Morgan fingerprint density at radius 3 is 2.29 bits per heavy atom. The summed E-state index contributed by atoms with van der Waals surface area (Å²) in [5.41, 5.74) is 0.339. The van der Waals surface area contributed by atoms with Gasteiger partial charge in [-0.1, -0.05) is 0 Å². The van der Waals surface area contributed by atoms with Gasteiger partial charge in [0.25, 0.3) is 5.91 Å². The first-order valence-corrected chi connectivity index (χ1v) is 12.4. The third-order valence-electron chi connectivity index (χ3n) is 5.12. The molecule has 0 fully saturated rings. The molecule has 1 aliphatic heterocycles. The molecule has 3 rings (SSSR count). The average Bonchev–Trinajstić information content (AvgIpc) is 3.27. The third-order valence-corrected chi connectivity index (χ3v) is 6.36. The summed E-state index contributed by atoms with van der Waals surface area (Å²) >= 11 is 1.30. The average molecular weight is 549 g/mol. The topological polar surface area (TPSA) is 169 Å². The summed E-state index contributed by atoms with van der Waals surface area (Å²) in [5.74, 6) is -3.62. The fourth-order valence-corrected chi connectivity index (χ4v) is 4.55. The summed E-state index contributed by atoms with van der Waals surface area (Å²) in [6.45, 7) is 4.40. The fraction of sp³-hybridized carbons (Fsp3) is 0.400. The van der Waals surface area contributed by atoms with Crippen LogP contribution in [-0.2, 0) is 27.3 Å². The van der Waals surface area contributed by atoms with Gasteiger partial charge in [0.2, 0.25) is 0 Å². The summed E-state index contributed by atoms with van der Waals surface area (Å²) in [4.78, 5) is 62.4. The van der Waals surface area contributed by atoms with Crippen LogP contribution in [0.25, 0.3) is 0 Å². The smallest absolute Gasteiger partial charge is 0.410 e. The molecule has 13 heteroatoms. The predicted octanol–water partition coefficient (Wildman–Crippen LogP) is 2.58. The fourth-order valence-electron chi connectivity index (χ4n) is 3.47. The van der Waals surface area contributed by atoms with Gasteiger partial charge >= 0.3 is 18.0 Å². The molecule has 1 aliphatic rings. The van der Waals surface area contributed by atoms with Crippen molar-refractivity contribution in [3.8, 4) is 11.5 Å². The monoisotopic (exact) mass is 548 g/mol. The maximum atomic E-state index is 12.7. The van der Waals surface area contributed by atoms with Crippen molar-refractivity contribution in [3.63, 3.8) is 0 Å². The van der Waals surface area contributed by atoms with Gasteiger partial charge in [-0.05, 0) is 57.0 Å². The van der Waals surface area contributed by atoms with Gasteiger partial charge in [-0.15, -0.1) is 11.3 Å². The van der Waals surface area contributed by atoms with Crippen molar-refractivity contribution in [2.45, 2.75) is 39.3 Å². The minimum atomic E-state index is -1.27. The van der Waals surface area contributed by atoms with Crippen molar-refractivity contribution in [3.05, 3.63) is 45.1 Å². The number of ether oxygens (including phenoxy) is 3. The van der Waals surface area contributed by atoms with Gasteiger partial charge in [-0.2, -0.15) is 0 Å². The number of nitrogens with zero attached hydrogens (tertiary/aromatic N) is 1. The van der Waals surface area contributed by atoms with E-state index in [9.17, 15) is 24.0 Å². The van der Waals surface area contributed by atoms with Gasteiger partial charge < -0.3 is 34.6 Å². The lowest BCUT2D eigenvalue weighted by Gasteiger charge is -2.29. The summed E-state index contributed by atoms with van der Waals surface area (Å²) in [6, 6.07) is 5.57. The highest BCUT2D eigenvalue weighted by molar-refractivity contribution is 7.14. The Labute approximate surface area is 222 Å². The number of carbonyl (C=O) groups is 5. The lowest BCUT2D eigenvalue weighted by atomic mass is 10.1. The number of Topliss-reactive ketones (excluding diaryl/α,β-unsaturated/α-hetero) is 1. The molecule has 2 amide bonds. The third kappa shape index (κ3) is 7.93. The Kier molecular flexibility index (Phi) is 8.94. The second-order valence-electron chi connectivity index (χ2n) is 9.34. The zero-order valence-electron chi connectivity index (χ0n) is 21.1. The second-order valence-corrected chi connectivity index (χ2v) is 10.5. The molecule has 0 saturated heterocycles. The number of carbonyl (C=O) groups excluding carboxylic acids is 3. The summed E-state index contributed by atoms with van der Waals surface area (Å²) < 4.78 is 15.6. The Hall–Kier alpha value is -4.13. The van der Waals surface area contributed by atoms with E-state index in [-0.39, 0.29) is 23.6 Å². The first kappa shape index (κ1) is 28.4. The van der Waals surface area contributed by atoms with E-state index in [0.29, 0.717) is 24.4 Å². The van der Waals surface area contributed by atoms with E-state index in [0.717, 1.165) is 10.4 Å². The predicted molar refractivity (Wildman–Crippen MR) is 134 cm³/mol. The highest BCUT2D eigenvalue weighted by Gasteiger charge is 2.28. The molecular formula is C25H28N2O10S. The van der Waals surface area contributed by atoms with Crippen LogP contribution in [-0.4, -0.2) is 76.7 Å². The molecule has 0 radical (unpaired) electrons. The molecule has 0 aliphatic carbocycles. The standard InChI is InChI=1S/C25H28N2O10S/c1-25(2,3)37-24(34)27-7-6-19-15(11-27)9-20(38-19)23(33)26-10-16(28)14-4-5-17(35-12-21(29)30)18(8-14)36-13-22(31)32/h4-5,8-9H,6-7,10-13H2,1-3H3,(H,26,33)(H,29,30)(H,31,32). The molecule has 2 aromatic rings. The molecule has 0 atom stereocenters. The number of thiophene rings is 1. The van der Waals surface area contributed by atoms with Crippen molar-refractivity contribution in [1.29, 1.82) is 0 Å². The molecule has 0 bridgehead atoms.